The average molecular weight is 378 g/mol. The van der Waals surface area contributed by atoms with Crippen molar-refractivity contribution < 1.29 is 0 Å². The molecule has 2 aromatic carbocycles. The Morgan fingerprint density at radius 3 is 1.25 bits per heavy atom. The van der Waals surface area contributed by atoms with Crippen molar-refractivity contribution in [1.29, 1.82) is 0 Å². The Kier molecular flexibility index (Phi) is 7.27. The van der Waals surface area contributed by atoms with E-state index < -0.39 is 0 Å². The molecule has 28 heavy (non-hydrogen) atoms. The van der Waals surface area contributed by atoms with E-state index in [1.165, 1.54) is 0 Å². The van der Waals surface area contributed by atoms with Crippen LogP contribution in [0, 0.1) is 0 Å². The lowest BCUT2D eigenvalue weighted by Crippen LogP contribution is -2.30. The second-order valence-corrected chi connectivity index (χ2v) is 6.43. The molecule has 0 atom stereocenters. The van der Waals surface area contributed by atoms with Gasteiger partial charge in [0, 0.05) is 39.6 Å². The number of nitrogens with zero attached hydrogens (tertiary/aromatic N) is 6. The van der Waals surface area contributed by atoms with Crippen LogP contribution in [0.25, 0.3) is 0 Å². The van der Waals surface area contributed by atoms with E-state index in [1.807, 2.05) is 86.5 Å². The fourth-order valence-electron chi connectivity index (χ4n) is 2.13. The zero-order valence-electron chi connectivity index (χ0n) is 16.6. The summed E-state index contributed by atoms with van der Waals surface area (Å²) in [6.07, 6.45) is 3.18. The van der Waals surface area contributed by atoms with Crippen LogP contribution >= 0.6 is 0 Å². The number of rotatable bonds is 6. The van der Waals surface area contributed by atoms with Crippen molar-refractivity contribution in [3.63, 3.8) is 0 Å². The molecule has 0 heterocycles. The molecular formula is C20H26N8. The number of benzene rings is 2. The monoisotopic (exact) mass is 378 g/mol. The van der Waals surface area contributed by atoms with Gasteiger partial charge in [0.25, 0.3) is 0 Å². The summed E-state index contributed by atoms with van der Waals surface area (Å²) in [5.74, 6) is 0.00235. The third kappa shape index (κ3) is 6.24. The van der Waals surface area contributed by atoms with E-state index in [9.17, 15) is 0 Å². The molecule has 0 saturated heterocycles. The summed E-state index contributed by atoms with van der Waals surface area (Å²) in [4.78, 5) is 4.04. The molecule has 0 aliphatic heterocycles. The van der Waals surface area contributed by atoms with Crippen LogP contribution in [0.3, 0.4) is 0 Å². The summed E-state index contributed by atoms with van der Waals surface area (Å²) in [6, 6.07) is 15.7. The standard InChI is InChI=1S/C20H26N8/c1-27(2)17-9-5-15(6-10-17)13-23-25-19(21)20(22)26-24-14-16-7-11-18(12-8-16)28(3)4/h5-14H,1-4H3,(H2,21,25)(H2,22,26). The molecule has 2 rings (SSSR count). The van der Waals surface area contributed by atoms with Crippen LogP contribution in [-0.2, 0) is 0 Å². The molecule has 146 valence electrons. The van der Waals surface area contributed by atoms with Gasteiger partial charge in [0.2, 0.25) is 0 Å². The quantitative estimate of drug-likeness (QED) is 0.455. The van der Waals surface area contributed by atoms with Crippen molar-refractivity contribution in [3.05, 3.63) is 59.7 Å². The zero-order chi connectivity index (χ0) is 20.5. The minimum absolute atomic E-state index is 0.00117. The van der Waals surface area contributed by atoms with Gasteiger partial charge < -0.3 is 21.3 Å². The van der Waals surface area contributed by atoms with Gasteiger partial charge in [0.1, 0.15) is 0 Å². The van der Waals surface area contributed by atoms with Gasteiger partial charge >= 0.3 is 0 Å². The van der Waals surface area contributed by atoms with Crippen molar-refractivity contribution >= 4 is 35.5 Å². The number of nitrogens with two attached hydrogens (primary N) is 2. The van der Waals surface area contributed by atoms with Crippen molar-refractivity contribution in [2.45, 2.75) is 0 Å². The van der Waals surface area contributed by atoms with Crippen LogP contribution in [0.5, 0.6) is 0 Å². The Labute approximate surface area is 165 Å². The minimum Gasteiger partial charge on any atom is -0.379 e. The smallest absolute Gasteiger partial charge is 0.190 e. The van der Waals surface area contributed by atoms with Gasteiger partial charge in [-0.15, -0.1) is 10.2 Å². The van der Waals surface area contributed by atoms with Gasteiger partial charge in [-0.3, -0.25) is 0 Å². The first-order valence-corrected chi connectivity index (χ1v) is 8.65. The molecule has 0 radical (unpaired) electrons. The van der Waals surface area contributed by atoms with Crippen molar-refractivity contribution in [1.82, 2.24) is 0 Å². The molecule has 0 amide bonds. The van der Waals surface area contributed by atoms with E-state index in [0.29, 0.717) is 0 Å². The normalized spacial score (nSPS) is 12.7. The molecule has 0 unspecified atom stereocenters. The second kappa shape index (κ2) is 9.86. The SMILES string of the molecule is CN(C)c1ccc(C=NN=C(N)C(N)=NN=Cc2ccc(N(C)C)cc2)cc1. The van der Waals surface area contributed by atoms with Crippen LogP contribution in [0.4, 0.5) is 11.4 Å². The summed E-state index contributed by atoms with van der Waals surface area (Å²) in [5.41, 5.74) is 15.5. The van der Waals surface area contributed by atoms with E-state index >= 15 is 0 Å². The topological polar surface area (TPSA) is 108 Å². The molecule has 0 aromatic heterocycles. The summed E-state index contributed by atoms with van der Waals surface area (Å²) in [7, 11) is 7.93. The number of amidine groups is 2. The molecule has 8 nitrogen and oxygen atoms in total. The Balaban J connectivity index is 1.97. The first-order chi connectivity index (χ1) is 13.4. The molecule has 0 aliphatic rings. The van der Waals surface area contributed by atoms with E-state index in [-0.39, 0.29) is 11.7 Å². The van der Waals surface area contributed by atoms with Crippen LogP contribution in [0.15, 0.2) is 68.9 Å². The fraction of sp³-hybridized carbons (Fsp3) is 0.200. The maximum Gasteiger partial charge on any atom is 0.190 e. The summed E-state index contributed by atoms with van der Waals surface area (Å²) >= 11 is 0. The highest BCUT2D eigenvalue weighted by Crippen LogP contribution is 2.11. The lowest BCUT2D eigenvalue weighted by Gasteiger charge is -2.11. The highest BCUT2D eigenvalue weighted by Gasteiger charge is 1.98. The molecule has 0 saturated carbocycles. The predicted octanol–water partition coefficient (Wildman–Crippen LogP) is 1.90. The average Bonchev–Trinajstić information content (AvgIpc) is 2.68. The first kappa shape index (κ1) is 20.6. The minimum atomic E-state index is 0.00117. The van der Waals surface area contributed by atoms with Gasteiger partial charge in [-0.05, 0) is 35.4 Å². The number of anilines is 2. The second-order valence-electron chi connectivity index (χ2n) is 6.43. The molecule has 4 N–H and O–H groups in total. The first-order valence-electron chi connectivity index (χ1n) is 8.65. The Morgan fingerprint density at radius 1 is 0.643 bits per heavy atom. The fourth-order valence-corrected chi connectivity index (χ4v) is 2.13. The van der Waals surface area contributed by atoms with Crippen molar-refractivity contribution in [2.24, 2.45) is 31.9 Å². The van der Waals surface area contributed by atoms with Crippen LogP contribution in [0.1, 0.15) is 11.1 Å². The Hall–Kier alpha value is -3.68. The van der Waals surface area contributed by atoms with Crippen LogP contribution in [-0.4, -0.2) is 52.3 Å². The van der Waals surface area contributed by atoms with E-state index in [4.69, 9.17) is 11.5 Å². The maximum atomic E-state index is 5.77. The van der Waals surface area contributed by atoms with E-state index in [0.717, 1.165) is 22.5 Å². The lowest BCUT2D eigenvalue weighted by atomic mass is 10.2. The third-order valence-electron chi connectivity index (χ3n) is 3.83. The molecule has 0 bridgehead atoms. The largest absolute Gasteiger partial charge is 0.379 e. The van der Waals surface area contributed by atoms with Gasteiger partial charge in [-0.2, -0.15) is 10.2 Å². The van der Waals surface area contributed by atoms with Crippen LogP contribution in [0.2, 0.25) is 0 Å². The predicted molar refractivity (Wildman–Crippen MR) is 120 cm³/mol. The van der Waals surface area contributed by atoms with Gasteiger partial charge in [0.05, 0.1) is 12.4 Å². The van der Waals surface area contributed by atoms with E-state index in [2.05, 4.69) is 20.4 Å². The molecule has 0 spiro atoms. The Morgan fingerprint density at radius 2 is 0.964 bits per heavy atom. The molecule has 0 fully saturated rings. The number of hydrogen-bond acceptors (Lipinski definition) is 6. The number of hydrogen-bond donors (Lipinski definition) is 2. The zero-order valence-corrected chi connectivity index (χ0v) is 16.6. The Bertz CT molecular complexity index is 800. The summed E-state index contributed by atoms with van der Waals surface area (Å²) in [5, 5.41) is 15.6. The van der Waals surface area contributed by atoms with Crippen molar-refractivity contribution in [2.75, 3.05) is 38.0 Å². The lowest BCUT2D eigenvalue weighted by molar-refractivity contribution is 1.13. The summed E-state index contributed by atoms with van der Waals surface area (Å²) in [6.45, 7) is 0. The van der Waals surface area contributed by atoms with E-state index in [1.54, 1.807) is 12.4 Å². The van der Waals surface area contributed by atoms with Crippen molar-refractivity contribution in [3.8, 4) is 0 Å². The highest BCUT2D eigenvalue weighted by molar-refractivity contribution is 6.39. The third-order valence-corrected chi connectivity index (χ3v) is 3.83. The van der Waals surface area contributed by atoms with Crippen LogP contribution < -0.4 is 21.3 Å². The molecule has 2 aromatic rings. The molecular weight excluding hydrogens is 352 g/mol. The molecule has 8 heteroatoms. The van der Waals surface area contributed by atoms with Gasteiger partial charge in [-0.25, -0.2) is 0 Å². The van der Waals surface area contributed by atoms with Gasteiger partial charge in [0.15, 0.2) is 11.7 Å². The summed E-state index contributed by atoms with van der Waals surface area (Å²) < 4.78 is 0. The van der Waals surface area contributed by atoms with Gasteiger partial charge in [-0.1, -0.05) is 24.3 Å². The highest BCUT2D eigenvalue weighted by atomic mass is 15.3. The molecule has 0 aliphatic carbocycles. The maximum absolute atomic E-state index is 5.77.